The molecule has 0 aliphatic rings. The predicted molar refractivity (Wildman–Crippen MR) is 73.3 cm³/mol. The smallest absolute Gasteiger partial charge is 0.243 e. The third-order valence-electron chi connectivity index (χ3n) is 2.86. The summed E-state index contributed by atoms with van der Waals surface area (Å²) in [6.07, 6.45) is 0.770. The van der Waals surface area contributed by atoms with E-state index in [-0.39, 0.29) is 10.9 Å². The lowest BCUT2D eigenvalue weighted by atomic mass is 10.3. The molecule has 0 aromatic heterocycles. The van der Waals surface area contributed by atoms with Crippen LogP contribution in [0.5, 0.6) is 0 Å². The van der Waals surface area contributed by atoms with Crippen molar-refractivity contribution in [2.75, 3.05) is 12.8 Å². The monoisotopic (exact) mass is 320 g/mol. The van der Waals surface area contributed by atoms with Crippen LogP contribution >= 0.6 is 15.9 Å². The SMILES string of the molecule is CCC(C)N(C)S(=O)(=O)c1ccc(N)c(Br)c1. The first-order valence-corrected chi connectivity index (χ1v) is 7.57. The number of halogens is 1. The highest BCUT2D eigenvalue weighted by molar-refractivity contribution is 9.10. The number of nitrogens with two attached hydrogens (primary N) is 1. The van der Waals surface area contributed by atoms with E-state index in [2.05, 4.69) is 15.9 Å². The quantitative estimate of drug-likeness (QED) is 0.867. The van der Waals surface area contributed by atoms with E-state index < -0.39 is 10.0 Å². The fourth-order valence-corrected chi connectivity index (χ4v) is 3.32. The highest BCUT2D eigenvalue weighted by atomic mass is 79.9. The van der Waals surface area contributed by atoms with Crippen LogP contribution in [0.2, 0.25) is 0 Å². The van der Waals surface area contributed by atoms with Crippen LogP contribution in [-0.2, 0) is 10.0 Å². The number of rotatable bonds is 4. The van der Waals surface area contributed by atoms with Gasteiger partial charge in [-0.15, -0.1) is 0 Å². The molecule has 0 heterocycles. The maximum atomic E-state index is 12.3. The summed E-state index contributed by atoms with van der Waals surface area (Å²) in [4.78, 5) is 0.251. The van der Waals surface area contributed by atoms with Gasteiger partial charge in [0, 0.05) is 23.2 Å². The average molecular weight is 321 g/mol. The molecule has 17 heavy (non-hydrogen) atoms. The Morgan fingerprint density at radius 1 is 1.47 bits per heavy atom. The van der Waals surface area contributed by atoms with E-state index in [1.165, 1.54) is 16.4 Å². The predicted octanol–water partition coefficient (Wildman–Crippen LogP) is 2.45. The van der Waals surface area contributed by atoms with Gasteiger partial charge in [-0.25, -0.2) is 8.42 Å². The van der Waals surface area contributed by atoms with E-state index in [1.807, 2.05) is 13.8 Å². The van der Waals surface area contributed by atoms with Crippen molar-refractivity contribution >= 4 is 31.6 Å². The third-order valence-corrected chi connectivity index (χ3v) is 5.52. The molecule has 6 heteroatoms. The number of benzene rings is 1. The number of hydrogen-bond donors (Lipinski definition) is 1. The normalized spacial score (nSPS) is 13.9. The first-order chi connectivity index (χ1) is 7.80. The number of anilines is 1. The topological polar surface area (TPSA) is 63.4 Å². The molecule has 96 valence electrons. The molecule has 0 bridgehead atoms. The van der Waals surface area contributed by atoms with Crippen molar-refractivity contribution in [1.29, 1.82) is 0 Å². The molecule has 0 saturated heterocycles. The number of sulfonamides is 1. The number of nitrogens with zero attached hydrogens (tertiary/aromatic N) is 1. The zero-order valence-corrected chi connectivity index (χ0v) is 12.5. The van der Waals surface area contributed by atoms with Crippen molar-refractivity contribution < 1.29 is 8.42 Å². The average Bonchev–Trinajstić information content (AvgIpc) is 2.30. The number of nitrogen functional groups attached to an aromatic ring is 1. The van der Waals surface area contributed by atoms with Gasteiger partial charge < -0.3 is 5.73 Å². The van der Waals surface area contributed by atoms with Crippen LogP contribution in [0.1, 0.15) is 20.3 Å². The van der Waals surface area contributed by atoms with Crippen LogP contribution in [-0.4, -0.2) is 25.8 Å². The van der Waals surface area contributed by atoms with Gasteiger partial charge in [0.15, 0.2) is 0 Å². The van der Waals surface area contributed by atoms with Crippen LogP contribution in [0.15, 0.2) is 27.6 Å². The largest absolute Gasteiger partial charge is 0.398 e. The molecule has 1 aromatic rings. The Morgan fingerprint density at radius 3 is 2.53 bits per heavy atom. The molecule has 1 unspecified atom stereocenters. The van der Waals surface area contributed by atoms with Crippen LogP contribution in [0.3, 0.4) is 0 Å². The van der Waals surface area contributed by atoms with Gasteiger partial charge in [-0.05, 0) is 47.5 Å². The van der Waals surface area contributed by atoms with Crippen LogP contribution < -0.4 is 5.73 Å². The van der Waals surface area contributed by atoms with Crippen molar-refractivity contribution in [3.63, 3.8) is 0 Å². The summed E-state index contributed by atoms with van der Waals surface area (Å²) in [6.45, 7) is 3.83. The lowest BCUT2D eigenvalue weighted by Gasteiger charge is -2.23. The second-order valence-corrected chi connectivity index (χ2v) is 6.81. The standard InChI is InChI=1S/C11H17BrN2O2S/c1-4-8(2)14(3)17(15,16)9-5-6-11(13)10(12)7-9/h5-8H,4,13H2,1-3H3. The molecule has 2 N–H and O–H groups in total. The number of hydrogen-bond acceptors (Lipinski definition) is 3. The van der Waals surface area contributed by atoms with E-state index >= 15 is 0 Å². The summed E-state index contributed by atoms with van der Waals surface area (Å²) in [7, 11) is -1.85. The van der Waals surface area contributed by atoms with E-state index in [0.717, 1.165) is 6.42 Å². The Bertz CT molecular complexity index is 502. The summed E-state index contributed by atoms with van der Waals surface area (Å²) < 4.78 is 26.5. The second kappa shape index (κ2) is 5.37. The first kappa shape index (κ1) is 14.5. The first-order valence-electron chi connectivity index (χ1n) is 5.33. The molecule has 1 rings (SSSR count). The Balaban J connectivity index is 3.17. The summed E-state index contributed by atoms with van der Waals surface area (Å²) in [5.74, 6) is 0. The van der Waals surface area contributed by atoms with E-state index in [1.54, 1.807) is 13.1 Å². The summed E-state index contributed by atoms with van der Waals surface area (Å²) in [5.41, 5.74) is 6.16. The molecule has 1 atom stereocenters. The van der Waals surface area contributed by atoms with E-state index in [9.17, 15) is 8.42 Å². The Morgan fingerprint density at radius 2 is 2.06 bits per heavy atom. The van der Waals surface area contributed by atoms with Crippen LogP contribution in [0.25, 0.3) is 0 Å². The zero-order valence-electron chi connectivity index (χ0n) is 10.1. The van der Waals surface area contributed by atoms with Gasteiger partial charge in [0.1, 0.15) is 0 Å². The molecule has 0 amide bonds. The summed E-state index contributed by atoms with van der Waals surface area (Å²) in [6, 6.07) is 4.61. The lowest BCUT2D eigenvalue weighted by Crippen LogP contribution is -2.34. The fourth-order valence-electron chi connectivity index (χ4n) is 1.33. The molecule has 4 nitrogen and oxygen atoms in total. The van der Waals surface area contributed by atoms with Crippen LogP contribution in [0, 0.1) is 0 Å². The van der Waals surface area contributed by atoms with Gasteiger partial charge >= 0.3 is 0 Å². The molecule has 0 aliphatic carbocycles. The molecule has 0 saturated carbocycles. The van der Waals surface area contributed by atoms with Crippen LogP contribution in [0.4, 0.5) is 5.69 Å². The third kappa shape index (κ3) is 3.00. The van der Waals surface area contributed by atoms with Crippen molar-refractivity contribution in [3.8, 4) is 0 Å². The van der Waals surface area contributed by atoms with Gasteiger partial charge in [-0.2, -0.15) is 4.31 Å². The van der Waals surface area contributed by atoms with Crippen molar-refractivity contribution in [2.45, 2.75) is 31.2 Å². The molecule has 0 spiro atoms. The minimum Gasteiger partial charge on any atom is -0.398 e. The molecular weight excluding hydrogens is 304 g/mol. The van der Waals surface area contributed by atoms with E-state index in [4.69, 9.17) is 5.73 Å². The Labute approximate surface area is 111 Å². The van der Waals surface area contributed by atoms with Crippen molar-refractivity contribution in [1.82, 2.24) is 4.31 Å². The molecule has 0 aliphatic heterocycles. The van der Waals surface area contributed by atoms with Gasteiger partial charge in [-0.1, -0.05) is 6.92 Å². The maximum absolute atomic E-state index is 12.3. The minimum atomic E-state index is -3.44. The maximum Gasteiger partial charge on any atom is 0.243 e. The molecular formula is C11H17BrN2O2S. The van der Waals surface area contributed by atoms with E-state index in [0.29, 0.717) is 10.2 Å². The summed E-state index contributed by atoms with van der Waals surface area (Å²) in [5, 5.41) is 0. The molecule has 0 fully saturated rings. The highest BCUT2D eigenvalue weighted by Crippen LogP contribution is 2.25. The summed E-state index contributed by atoms with van der Waals surface area (Å²) >= 11 is 3.23. The molecule has 1 aromatic carbocycles. The van der Waals surface area contributed by atoms with Crippen molar-refractivity contribution in [2.24, 2.45) is 0 Å². The second-order valence-electron chi connectivity index (χ2n) is 3.96. The van der Waals surface area contributed by atoms with Crippen molar-refractivity contribution in [3.05, 3.63) is 22.7 Å². The Hall–Kier alpha value is -0.590. The zero-order chi connectivity index (χ0) is 13.2. The van der Waals surface area contributed by atoms with Gasteiger partial charge in [0.05, 0.1) is 4.90 Å². The highest BCUT2D eigenvalue weighted by Gasteiger charge is 2.24. The molecule has 0 radical (unpaired) electrons. The fraction of sp³-hybridized carbons (Fsp3) is 0.455. The van der Waals surface area contributed by atoms with Gasteiger partial charge in [0.2, 0.25) is 10.0 Å². The van der Waals surface area contributed by atoms with Gasteiger partial charge in [0.25, 0.3) is 0 Å². The lowest BCUT2D eigenvalue weighted by molar-refractivity contribution is 0.380. The Kier molecular flexibility index (Phi) is 4.57. The van der Waals surface area contributed by atoms with Gasteiger partial charge in [-0.3, -0.25) is 0 Å². The minimum absolute atomic E-state index is 0.0312.